The van der Waals surface area contributed by atoms with E-state index in [2.05, 4.69) is 37.4 Å². The van der Waals surface area contributed by atoms with E-state index in [1.807, 2.05) is 12.1 Å². The zero-order valence-corrected chi connectivity index (χ0v) is 10.9. The second kappa shape index (κ2) is 7.73. The molecule has 0 aromatic heterocycles. The molecule has 1 unspecified atom stereocenters. The molecule has 0 aliphatic heterocycles. The van der Waals surface area contributed by atoms with E-state index in [1.165, 1.54) is 24.8 Å². The van der Waals surface area contributed by atoms with Crippen LogP contribution in [0.4, 0.5) is 5.69 Å². The van der Waals surface area contributed by atoms with Crippen LogP contribution in [-0.2, 0) is 0 Å². The van der Waals surface area contributed by atoms with E-state index >= 15 is 0 Å². The van der Waals surface area contributed by atoms with Gasteiger partial charge in [-0.1, -0.05) is 44.7 Å². The first-order chi connectivity index (χ1) is 8.26. The summed E-state index contributed by atoms with van der Waals surface area (Å²) in [5.41, 5.74) is 2.27. The van der Waals surface area contributed by atoms with Crippen LogP contribution in [-0.4, -0.2) is 6.04 Å². The minimum atomic E-state index is -0.0614. The number of nitrogens with zero attached hydrogens (tertiary/aromatic N) is 1. The van der Waals surface area contributed by atoms with Crippen molar-refractivity contribution in [2.45, 2.75) is 52.0 Å². The van der Waals surface area contributed by atoms with Gasteiger partial charge in [0.1, 0.15) is 6.04 Å². The lowest BCUT2D eigenvalue weighted by Crippen LogP contribution is -2.16. The summed E-state index contributed by atoms with van der Waals surface area (Å²) in [6.07, 6.45) is 5.80. The average molecular weight is 230 g/mol. The van der Waals surface area contributed by atoms with Crippen LogP contribution < -0.4 is 5.32 Å². The van der Waals surface area contributed by atoms with Crippen molar-refractivity contribution in [2.24, 2.45) is 0 Å². The molecule has 92 valence electrons. The van der Waals surface area contributed by atoms with Crippen molar-refractivity contribution in [3.8, 4) is 6.07 Å². The van der Waals surface area contributed by atoms with Gasteiger partial charge >= 0.3 is 0 Å². The van der Waals surface area contributed by atoms with Gasteiger partial charge < -0.3 is 5.32 Å². The lowest BCUT2D eigenvalue weighted by molar-refractivity contribution is 0.618. The van der Waals surface area contributed by atoms with E-state index in [0.717, 1.165) is 18.5 Å². The van der Waals surface area contributed by atoms with Gasteiger partial charge in [0.2, 0.25) is 0 Å². The Morgan fingerprint density at radius 2 is 2.12 bits per heavy atom. The van der Waals surface area contributed by atoms with E-state index in [1.54, 1.807) is 0 Å². The maximum Gasteiger partial charge on any atom is 0.114 e. The van der Waals surface area contributed by atoms with Crippen molar-refractivity contribution in [1.29, 1.82) is 5.26 Å². The van der Waals surface area contributed by atoms with E-state index in [9.17, 15) is 0 Å². The molecule has 0 fully saturated rings. The molecule has 2 nitrogen and oxygen atoms in total. The summed E-state index contributed by atoms with van der Waals surface area (Å²) >= 11 is 0. The predicted molar refractivity (Wildman–Crippen MR) is 73.0 cm³/mol. The van der Waals surface area contributed by atoms with E-state index < -0.39 is 0 Å². The second-order valence-corrected chi connectivity index (χ2v) is 4.54. The van der Waals surface area contributed by atoms with E-state index in [4.69, 9.17) is 5.26 Å². The first-order valence-corrected chi connectivity index (χ1v) is 6.49. The second-order valence-electron chi connectivity index (χ2n) is 4.54. The topological polar surface area (TPSA) is 35.8 Å². The molecule has 17 heavy (non-hydrogen) atoms. The summed E-state index contributed by atoms with van der Waals surface area (Å²) < 4.78 is 0. The van der Waals surface area contributed by atoms with Crippen LogP contribution in [0.15, 0.2) is 24.3 Å². The van der Waals surface area contributed by atoms with Gasteiger partial charge in [-0.25, -0.2) is 0 Å². The fourth-order valence-electron chi connectivity index (χ4n) is 1.88. The van der Waals surface area contributed by atoms with Gasteiger partial charge in [0.05, 0.1) is 6.07 Å². The number of nitriles is 1. The van der Waals surface area contributed by atoms with E-state index in [-0.39, 0.29) is 6.04 Å². The normalized spacial score (nSPS) is 11.8. The first kappa shape index (κ1) is 13.6. The van der Waals surface area contributed by atoms with Crippen LogP contribution in [0.2, 0.25) is 0 Å². The van der Waals surface area contributed by atoms with Crippen molar-refractivity contribution >= 4 is 5.69 Å². The van der Waals surface area contributed by atoms with Gasteiger partial charge in [-0.05, 0) is 31.0 Å². The zero-order chi connectivity index (χ0) is 12.5. The molecule has 1 N–H and O–H groups in total. The largest absolute Gasteiger partial charge is 0.370 e. The molecule has 0 aliphatic rings. The predicted octanol–water partition coefficient (Wildman–Crippen LogP) is 4.27. The Morgan fingerprint density at radius 3 is 2.76 bits per heavy atom. The van der Waals surface area contributed by atoms with Crippen LogP contribution in [0.3, 0.4) is 0 Å². The zero-order valence-electron chi connectivity index (χ0n) is 10.9. The number of anilines is 1. The van der Waals surface area contributed by atoms with Gasteiger partial charge in [-0.3, -0.25) is 0 Å². The lowest BCUT2D eigenvalue weighted by Gasteiger charge is -2.13. The molecule has 2 heteroatoms. The fraction of sp³-hybridized carbons (Fsp3) is 0.533. The highest BCUT2D eigenvalue weighted by atomic mass is 14.9. The molecular formula is C15H22N2. The highest BCUT2D eigenvalue weighted by Crippen LogP contribution is 2.13. The quantitative estimate of drug-likeness (QED) is 0.710. The minimum Gasteiger partial charge on any atom is -0.370 e. The van der Waals surface area contributed by atoms with Gasteiger partial charge in [0.25, 0.3) is 0 Å². The number of hydrogen-bond donors (Lipinski definition) is 1. The summed E-state index contributed by atoms with van der Waals surface area (Å²) in [6.45, 7) is 4.26. The Labute approximate surface area is 105 Å². The van der Waals surface area contributed by atoms with Gasteiger partial charge in [-0.15, -0.1) is 0 Å². The molecule has 1 atom stereocenters. The molecule has 0 spiro atoms. The third kappa shape index (κ3) is 5.40. The van der Waals surface area contributed by atoms with Crippen molar-refractivity contribution in [3.05, 3.63) is 29.8 Å². The molecule has 0 aliphatic carbocycles. The maximum atomic E-state index is 9.10. The first-order valence-electron chi connectivity index (χ1n) is 6.49. The summed E-state index contributed by atoms with van der Waals surface area (Å²) in [5, 5.41) is 12.4. The third-order valence-electron chi connectivity index (χ3n) is 2.86. The molecule has 1 aromatic rings. The van der Waals surface area contributed by atoms with E-state index in [0.29, 0.717) is 0 Å². The Balaban J connectivity index is 2.39. The molecule has 0 bridgehead atoms. The molecule has 1 rings (SSSR count). The average Bonchev–Trinajstić information content (AvgIpc) is 2.33. The maximum absolute atomic E-state index is 9.10. The monoisotopic (exact) mass is 230 g/mol. The van der Waals surface area contributed by atoms with Gasteiger partial charge in [-0.2, -0.15) is 5.26 Å². The van der Waals surface area contributed by atoms with Crippen molar-refractivity contribution < 1.29 is 0 Å². The number of aryl methyl sites for hydroxylation is 1. The Hall–Kier alpha value is -1.49. The lowest BCUT2D eigenvalue weighted by atomic mass is 10.1. The number of rotatable bonds is 7. The SMILES string of the molecule is CCCCCCC(C#N)Nc1cccc(C)c1. The van der Waals surface area contributed by atoms with Crippen LogP contribution in [0.1, 0.15) is 44.6 Å². The van der Waals surface area contributed by atoms with Gasteiger partial charge in [0.15, 0.2) is 0 Å². The minimum absolute atomic E-state index is 0.0614. The smallest absolute Gasteiger partial charge is 0.114 e. The van der Waals surface area contributed by atoms with Crippen molar-refractivity contribution in [3.63, 3.8) is 0 Å². The molecule has 0 saturated carbocycles. The number of benzene rings is 1. The highest BCUT2D eigenvalue weighted by molar-refractivity contribution is 5.47. The van der Waals surface area contributed by atoms with Crippen molar-refractivity contribution in [2.75, 3.05) is 5.32 Å². The number of nitrogens with one attached hydrogen (secondary N) is 1. The third-order valence-corrected chi connectivity index (χ3v) is 2.86. The summed E-state index contributed by atoms with van der Waals surface area (Å²) in [7, 11) is 0. The fourth-order valence-corrected chi connectivity index (χ4v) is 1.88. The summed E-state index contributed by atoms with van der Waals surface area (Å²) in [6, 6.07) is 10.5. The summed E-state index contributed by atoms with van der Waals surface area (Å²) in [4.78, 5) is 0. The molecule has 0 heterocycles. The summed E-state index contributed by atoms with van der Waals surface area (Å²) in [5.74, 6) is 0. The number of hydrogen-bond acceptors (Lipinski definition) is 2. The van der Waals surface area contributed by atoms with Crippen molar-refractivity contribution in [1.82, 2.24) is 0 Å². The molecule has 0 radical (unpaired) electrons. The Bertz CT molecular complexity index is 365. The number of unbranched alkanes of at least 4 members (excludes halogenated alkanes) is 3. The standard InChI is InChI=1S/C15H22N2/c1-3-4-5-6-9-15(12-16)17-14-10-7-8-13(2)11-14/h7-8,10-11,15,17H,3-6,9H2,1-2H3. The Kier molecular flexibility index (Phi) is 6.17. The molecule has 0 saturated heterocycles. The van der Waals surface area contributed by atoms with Crippen LogP contribution >= 0.6 is 0 Å². The van der Waals surface area contributed by atoms with Crippen LogP contribution in [0.25, 0.3) is 0 Å². The molecule has 0 amide bonds. The van der Waals surface area contributed by atoms with Gasteiger partial charge in [0, 0.05) is 5.69 Å². The highest BCUT2D eigenvalue weighted by Gasteiger charge is 2.06. The molecule has 1 aromatic carbocycles. The Morgan fingerprint density at radius 1 is 1.29 bits per heavy atom. The van der Waals surface area contributed by atoms with Crippen LogP contribution in [0, 0.1) is 18.3 Å². The molecular weight excluding hydrogens is 208 g/mol. The van der Waals surface area contributed by atoms with Crippen LogP contribution in [0.5, 0.6) is 0 Å².